The molecular weight excluding hydrogens is 1070 g/mol. The molecule has 12 bridgehead atoms. The fourth-order valence-corrected chi connectivity index (χ4v) is 10.4. The van der Waals surface area contributed by atoms with Gasteiger partial charge in [0.1, 0.15) is 23.0 Å². The van der Waals surface area contributed by atoms with Crippen LogP contribution in [0.3, 0.4) is 0 Å². The predicted molar refractivity (Wildman–Crippen MR) is 308 cm³/mol. The van der Waals surface area contributed by atoms with Crippen LogP contribution in [0.15, 0.2) is 66.7 Å². The Morgan fingerprint density at radius 2 is 0.711 bits per heavy atom. The van der Waals surface area contributed by atoms with Crippen LogP contribution >= 0.6 is 0 Å². The standard InChI is InChI=1S/C58H77N13O12/c1-2-37-15-16-45-50(75)46(37)58(83)67-21-29-69-28-20-62-53(78)41-11-7-14-44(49(41)74)56(81)65-24-32-71(33-25-66-57(45)82)38(8-3-4-17-59)36-70-30-22-63-54(79)42-12-5-9-39(47(42)72)51(76)60-18-26-68(34-35-69)27-19-61-52(77)40-10-6-13-43(48(40)73)55(80)64-23-31-70/h5-7,9-16,38,72-75H,2-4,8,17-36,59H2,1H3,(H,60,76)(H,61,77)(H,62,78)(H,63,79)(H,64,80)(H,65,81)(H,66,82)(H,67,83). The van der Waals surface area contributed by atoms with Gasteiger partial charge >= 0.3 is 0 Å². The van der Waals surface area contributed by atoms with Gasteiger partial charge in [-0.2, -0.15) is 0 Å². The highest BCUT2D eigenvalue weighted by atomic mass is 16.3. The minimum Gasteiger partial charge on any atom is -0.506 e. The Balaban J connectivity index is 1.35. The molecular formula is C58H77N13O12. The lowest BCUT2D eigenvalue weighted by molar-refractivity contribution is 0.0884. The number of aryl methyl sites for hydroxylation is 1. The van der Waals surface area contributed by atoms with E-state index in [0.29, 0.717) is 37.8 Å². The van der Waals surface area contributed by atoms with Gasteiger partial charge in [-0.05, 0) is 73.8 Å². The van der Waals surface area contributed by atoms with Gasteiger partial charge in [-0.25, -0.2) is 0 Å². The number of hydrogen-bond acceptors (Lipinski definition) is 17. The second-order valence-electron chi connectivity index (χ2n) is 20.5. The molecule has 4 aromatic carbocycles. The Kier molecular flexibility index (Phi) is 23.0. The Hall–Kier alpha value is -8.36. The number of fused-ring (bicyclic) bond motifs is 16. The third kappa shape index (κ3) is 16.7. The van der Waals surface area contributed by atoms with E-state index in [9.17, 15) is 58.8 Å². The van der Waals surface area contributed by atoms with Crippen LogP contribution in [0, 0.1) is 0 Å². The molecule has 0 aliphatic carbocycles. The van der Waals surface area contributed by atoms with E-state index in [2.05, 4.69) is 42.5 Å². The predicted octanol–water partition coefficient (Wildman–Crippen LogP) is -0.243. The molecule has 446 valence electrons. The monoisotopic (exact) mass is 1150 g/mol. The maximum Gasteiger partial charge on any atom is 0.255 e. The summed E-state index contributed by atoms with van der Waals surface area (Å²) in [6.07, 6.45) is 2.14. The van der Waals surface area contributed by atoms with Crippen molar-refractivity contribution in [2.75, 3.05) is 131 Å². The maximum atomic E-state index is 14.1. The first kappa shape index (κ1) is 62.2. The van der Waals surface area contributed by atoms with Crippen LogP contribution in [0.4, 0.5) is 0 Å². The largest absolute Gasteiger partial charge is 0.506 e. The summed E-state index contributed by atoms with van der Waals surface area (Å²) in [5.74, 6) is -7.26. The van der Waals surface area contributed by atoms with Crippen molar-refractivity contribution in [2.45, 2.75) is 38.6 Å². The molecule has 14 N–H and O–H groups in total. The second-order valence-corrected chi connectivity index (χ2v) is 20.5. The first-order valence-corrected chi connectivity index (χ1v) is 28.3. The van der Waals surface area contributed by atoms with E-state index in [0.717, 1.165) is 0 Å². The van der Waals surface area contributed by atoms with Crippen molar-refractivity contribution in [1.82, 2.24) is 62.1 Å². The van der Waals surface area contributed by atoms with Gasteiger partial charge in [0.05, 0.1) is 44.5 Å². The van der Waals surface area contributed by atoms with E-state index in [1.807, 2.05) is 26.5 Å². The number of phenolic OH excluding ortho intramolecular Hbond substituents is 4. The third-order valence-electron chi connectivity index (χ3n) is 15.1. The average molecular weight is 1150 g/mol. The first-order chi connectivity index (χ1) is 40.1. The Morgan fingerprint density at radius 3 is 1.05 bits per heavy atom. The summed E-state index contributed by atoms with van der Waals surface area (Å²) in [5.41, 5.74) is 5.48. The molecule has 0 saturated heterocycles. The van der Waals surface area contributed by atoms with Crippen LogP contribution in [0.5, 0.6) is 23.0 Å². The van der Waals surface area contributed by atoms with Crippen molar-refractivity contribution in [3.05, 3.63) is 117 Å². The molecule has 4 aliphatic rings. The van der Waals surface area contributed by atoms with Crippen LogP contribution < -0.4 is 48.3 Å². The number of aromatic hydroxyl groups is 4. The van der Waals surface area contributed by atoms with E-state index in [1.54, 1.807) is 6.07 Å². The summed E-state index contributed by atoms with van der Waals surface area (Å²) in [7, 11) is 0. The van der Waals surface area contributed by atoms with Gasteiger partial charge < -0.3 is 68.7 Å². The number of nitrogens with two attached hydrogens (primary N) is 1. The van der Waals surface area contributed by atoms with E-state index in [1.165, 1.54) is 60.7 Å². The van der Waals surface area contributed by atoms with E-state index in [-0.39, 0.29) is 175 Å². The minimum atomic E-state index is -0.655. The molecule has 0 aromatic heterocycles. The Morgan fingerprint density at radius 1 is 0.398 bits per heavy atom. The number of nitrogens with one attached hydrogen (secondary N) is 8. The quantitative estimate of drug-likeness (QED) is 0.115. The number of benzene rings is 4. The summed E-state index contributed by atoms with van der Waals surface area (Å²) < 4.78 is 0. The topological polar surface area (TPSA) is 353 Å². The number of rotatable bonds is 5. The molecule has 0 spiro atoms. The zero-order chi connectivity index (χ0) is 59.4. The van der Waals surface area contributed by atoms with E-state index < -0.39 is 70.3 Å². The molecule has 4 aromatic rings. The third-order valence-corrected chi connectivity index (χ3v) is 15.1. The molecule has 4 aliphatic heterocycles. The number of carbonyl (C=O) groups excluding carboxylic acids is 8. The van der Waals surface area contributed by atoms with Gasteiger partial charge in [0.25, 0.3) is 47.3 Å². The zero-order valence-corrected chi connectivity index (χ0v) is 46.8. The van der Waals surface area contributed by atoms with Gasteiger partial charge in [0.2, 0.25) is 0 Å². The summed E-state index contributed by atoms with van der Waals surface area (Å²) in [6, 6.07) is 15.6. The SMILES string of the molecule is CCc1ccc2c(O)c1C(=O)NCCN1CCNC(=O)c3cccc(c3O)C(=O)NCCN(CCNC2=O)C(CCCCN)CN2CCNC(=O)c3cccc(c3O)C(=O)NCCN(CCNC(=O)c3cccc(c3O)C(=O)NCC2)CC1. The number of nitrogens with zero attached hydrogens (tertiary/aromatic N) is 4. The number of phenols is 4. The van der Waals surface area contributed by atoms with Crippen molar-refractivity contribution < 1.29 is 58.8 Å². The highest BCUT2D eigenvalue weighted by Crippen LogP contribution is 2.28. The smallest absolute Gasteiger partial charge is 0.255 e. The summed E-state index contributed by atoms with van der Waals surface area (Å²) in [6.45, 7) is 4.48. The Bertz CT molecular complexity index is 2910. The summed E-state index contributed by atoms with van der Waals surface area (Å²) >= 11 is 0. The molecule has 25 nitrogen and oxygen atoms in total. The van der Waals surface area contributed by atoms with Gasteiger partial charge in [-0.3, -0.25) is 58.0 Å². The molecule has 3 unspecified atom stereocenters. The molecule has 25 heteroatoms. The molecule has 83 heavy (non-hydrogen) atoms. The van der Waals surface area contributed by atoms with Crippen LogP contribution in [-0.2, 0) is 6.42 Å². The van der Waals surface area contributed by atoms with Crippen LogP contribution in [0.25, 0.3) is 0 Å². The average Bonchev–Trinajstić information content (AvgIpc) is 3.51. The van der Waals surface area contributed by atoms with Gasteiger partial charge in [0, 0.05) is 130 Å². The zero-order valence-electron chi connectivity index (χ0n) is 46.8. The number of para-hydroxylation sites is 3. The lowest BCUT2D eigenvalue weighted by Gasteiger charge is -2.36. The van der Waals surface area contributed by atoms with Crippen LogP contribution in [0.2, 0.25) is 0 Å². The molecule has 4 heterocycles. The lowest BCUT2D eigenvalue weighted by atomic mass is 9.99. The number of amides is 8. The van der Waals surface area contributed by atoms with Crippen molar-refractivity contribution >= 4 is 47.3 Å². The Labute approximate surface area is 481 Å². The highest BCUT2D eigenvalue weighted by molar-refractivity contribution is 6.07. The van der Waals surface area contributed by atoms with Crippen LogP contribution in [-0.4, -0.2) is 224 Å². The number of unbranched alkanes of at least 4 members (excludes halogenated alkanes) is 1. The minimum absolute atomic E-state index is 0.00824. The second kappa shape index (κ2) is 30.6. The maximum absolute atomic E-state index is 14.1. The molecule has 0 fully saturated rings. The van der Waals surface area contributed by atoms with E-state index >= 15 is 0 Å². The van der Waals surface area contributed by atoms with Gasteiger partial charge in [-0.1, -0.05) is 37.6 Å². The molecule has 0 saturated carbocycles. The molecule has 8 rings (SSSR count). The lowest BCUT2D eigenvalue weighted by Crippen LogP contribution is -2.51. The molecule has 8 amide bonds. The van der Waals surface area contributed by atoms with Crippen molar-refractivity contribution in [2.24, 2.45) is 5.73 Å². The number of hydrogen-bond donors (Lipinski definition) is 13. The first-order valence-electron chi connectivity index (χ1n) is 28.3. The number of carbonyl (C=O) groups is 8. The van der Waals surface area contributed by atoms with Crippen molar-refractivity contribution in [3.8, 4) is 23.0 Å². The van der Waals surface area contributed by atoms with Gasteiger partial charge in [0.15, 0.2) is 0 Å². The van der Waals surface area contributed by atoms with Gasteiger partial charge in [-0.15, -0.1) is 0 Å². The van der Waals surface area contributed by atoms with Crippen molar-refractivity contribution in [3.63, 3.8) is 0 Å². The summed E-state index contributed by atoms with van der Waals surface area (Å²) in [5, 5.41) is 68.9. The summed E-state index contributed by atoms with van der Waals surface area (Å²) in [4.78, 5) is 119. The van der Waals surface area contributed by atoms with Crippen molar-refractivity contribution in [1.29, 1.82) is 0 Å². The van der Waals surface area contributed by atoms with E-state index in [4.69, 9.17) is 5.73 Å². The van der Waals surface area contributed by atoms with Crippen LogP contribution in [0.1, 0.15) is 115 Å². The molecule has 0 radical (unpaired) electrons. The fraction of sp³-hybridized carbons (Fsp3) is 0.448. The normalized spacial score (nSPS) is 22.0. The molecule has 3 atom stereocenters. The fourth-order valence-electron chi connectivity index (χ4n) is 10.4. The highest BCUT2D eigenvalue weighted by Gasteiger charge is 2.28.